The lowest BCUT2D eigenvalue weighted by molar-refractivity contribution is -0.126. The maximum atomic E-state index is 12.4. The monoisotopic (exact) mass is 451 g/mol. The number of aromatic amines is 2. The van der Waals surface area contributed by atoms with Crippen LogP contribution in [-0.2, 0) is 4.79 Å². The number of H-pyrrole nitrogens is 2. The van der Waals surface area contributed by atoms with E-state index >= 15 is 0 Å². The number of hydrogen-bond donors (Lipinski definition) is 2. The number of carbonyl (C=O) groups is 1. The smallest absolute Gasteiger partial charge is 0.347 e. The molecular weight excluding hydrogens is 434 g/mol. The molecule has 0 spiro atoms. The Kier molecular flexibility index (Phi) is 4.98. The third-order valence-electron chi connectivity index (χ3n) is 5.39. The van der Waals surface area contributed by atoms with Crippen LogP contribution in [0.3, 0.4) is 0 Å². The highest BCUT2D eigenvalue weighted by Gasteiger charge is 2.23. The molecule has 5 rings (SSSR count). The summed E-state index contributed by atoms with van der Waals surface area (Å²) in [5.41, 5.74) is 0.638. The van der Waals surface area contributed by atoms with E-state index in [0.717, 1.165) is 5.52 Å². The van der Waals surface area contributed by atoms with Crippen LogP contribution in [0.4, 0.5) is 5.82 Å². The first-order valence-corrected chi connectivity index (χ1v) is 10.3. The molecular formula is C21H18ClN7O3. The van der Waals surface area contributed by atoms with Crippen LogP contribution in [0.2, 0.25) is 5.02 Å². The van der Waals surface area contributed by atoms with Crippen molar-refractivity contribution in [2.24, 2.45) is 0 Å². The average molecular weight is 452 g/mol. The van der Waals surface area contributed by atoms with Gasteiger partial charge in [-0.25, -0.2) is 9.78 Å². The summed E-state index contributed by atoms with van der Waals surface area (Å²) in [5.74, 6) is 0.973. The molecule has 10 nitrogen and oxygen atoms in total. The molecule has 0 unspecified atom stereocenters. The van der Waals surface area contributed by atoms with E-state index in [1.807, 2.05) is 4.90 Å². The van der Waals surface area contributed by atoms with Gasteiger partial charge in [0.05, 0.1) is 22.1 Å². The van der Waals surface area contributed by atoms with Gasteiger partial charge in [0.1, 0.15) is 11.3 Å². The number of nitrogens with one attached hydrogen (secondary N) is 2. The van der Waals surface area contributed by atoms with Crippen LogP contribution in [0.1, 0.15) is 0 Å². The summed E-state index contributed by atoms with van der Waals surface area (Å²) in [6.45, 7) is 5.61. The van der Waals surface area contributed by atoms with Crippen LogP contribution in [0.5, 0.6) is 11.6 Å². The Labute approximate surface area is 186 Å². The van der Waals surface area contributed by atoms with Gasteiger partial charge in [-0.15, -0.1) is 0 Å². The van der Waals surface area contributed by atoms with Crippen LogP contribution >= 0.6 is 11.6 Å². The Morgan fingerprint density at radius 2 is 2.00 bits per heavy atom. The Balaban J connectivity index is 1.54. The number of ether oxygens (including phenoxy) is 1. The lowest BCUT2D eigenvalue weighted by atomic mass is 10.2. The van der Waals surface area contributed by atoms with Gasteiger partial charge in [0.25, 0.3) is 0 Å². The number of pyridine rings is 1. The SMILES string of the molecule is C=CC(=O)N1CCN(c2nc(=O)[nH]c3c(Oc4c(Cl)ccc5[nH]ncc45)nccc23)CC1. The molecule has 1 saturated heterocycles. The van der Waals surface area contributed by atoms with E-state index < -0.39 is 5.69 Å². The Morgan fingerprint density at radius 1 is 1.19 bits per heavy atom. The van der Waals surface area contributed by atoms with Crippen molar-refractivity contribution in [1.29, 1.82) is 0 Å². The fraction of sp³-hybridized carbons (Fsp3) is 0.190. The van der Waals surface area contributed by atoms with E-state index in [-0.39, 0.29) is 11.8 Å². The van der Waals surface area contributed by atoms with Crippen molar-refractivity contribution >= 4 is 45.1 Å². The van der Waals surface area contributed by atoms with Crippen molar-refractivity contribution in [3.05, 3.63) is 58.8 Å². The number of carbonyl (C=O) groups excluding carboxylic acids is 1. The maximum absolute atomic E-state index is 12.4. The minimum absolute atomic E-state index is 0.112. The molecule has 3 aromatic heterocycles. The highest BCUT2D eigenvalue weighted by Crippen LogP contribution is 2.37. The van der Waals surface area contributed by atoms with Crippen LogP contribution in [0.25, 0.3) is 21.8 Å². The zero-order valence-corrected chi connectivity index (χ0v) is 17.6. The lowest BCUT2D eigenvalue weighted by Crippen LogP contribution is -2.49. The molecule has 32 heavy (non-hydrogen) atoms. The molecule has 1 fully saturated rings. The predicted octanol–water partition coefficient (Wildman–Crippen LogP) is 2.47. The van der Waals surface area contributed by atoms with E-state index in [2.05, 4.69) is 31.7 Å². The predicted molar refractivity (Wildman–Crippen MR) is 120 cm³/mol. The Hall–Kier alpha value is -3.92. The zero-order valence-electron chi connectivity index (χ0n) is 16.8. The summed E-state index contributed by atoms with van der Waals surface area (Å²) in [6, 6.07) is 5.26. The first-order chi connectivity index (χ1) is 15.5. The second-order valence-electron chi connectivity index (χ2n) is 7.23. The van der Waals surface area contributed by atoms with Gasteiger partial charge in [-0.1, -0.05) is 18.2 Å². The van der Waals surface area contributed by atoms with Crippen molar-refractivity contribution in [3.63, 3.8) is 0 Å². The normalized spacial score (nSPS) is 14.2. The Morgan fingerprint density at radius 3 is 2.78 bits per heavy atom. The molecule has 0 radical (unpaired) electrons. The zero-order chi connectivity index (χ0) is 22.2. The van der Waals surface area contributed by atoms with E-state index in [4.69, 9.17) is 16.3 Å². The summed E-state index contributed by atoms with van der Waals surface area (Å²) in [5, 5.41) is 8.65. The highest BCUT2D eigenvalue weighted by molar-refractivity contribution is 6.33. The molecule has 11 heteroatoms. The number of rotatable bonds is 4. The second kappa shape index (κ2) is 7.97. The molecule has 0 atom stereocenters. The molecule has 0 saturated carbocycles. The van der Waals surface area contributed by atoms with Crippen molar-refractivity contribution in [3.8, 4) is 11.6 Å². The molecule has 4 heterocycles. The molecule has 1 aromatic carbocycles. The van der Waals surface area contributed by atoms with Crippen LogP contribution in [-0.4, -0.2) is 62.1 Å². The van der Waals surface area contributed by atoms with Gasteiger partial charge < -0.3 is 19.5 Å². The summed E-state index contributed by atoms with van der Waals surface area (Å²) in [6.07, 6.45) is 4.50. The summed E-state index contributed by atoms with van der Waals surface area (Å²) in [4.78, 5) is 39.2. The van der Waals surface area contributed by atoms with Gasteiger partial charge >= 0.3 is 5.69 Å². The van der Waals surface area contributed by atoms with Gasteiger partial charge in [0, 0.05) is 37.8 Å². The van der Waals surface area contributed by atoms with E-state index in [0.29, 0.717) is 59.1 Å². The number of fused-ring (bicyclic) bond motifs is 2. The first-order valence-electron chi connectivity index (χ1n) is 9.90. The molecule has 1 aliphatic rings. The molecule has 0 bridgehead atoms. The number of aromatic nitrogens is 5. The molecule has 0 aliphatic carbocycles. The third-order valence-corrected chi connectivity index (χ3v) is 5.69. The van der Waals surface area contributed by atoms with E-state index in [1.165, 1.54) is 6.08 Å². The summed E-state index contributed by atoms with van der Waals surface area (Å²) in [7, 11) is 0. The molecule has 2 N–H and O–H groups in total. The number of nitrogens with zero attached hydrogens (tertiary/aromatic N) is 5. The van der Waals surface area contributed by atoms with Gasteiger partial charge in [-0.05, 0) is 24.3 Å². The summed E-state index contributed by atoms with van der Waals surface area (Å²) < 4.78 is 6.07. The summed E-state index contributed by atoms with van der Waals surface area (Å²) >= 11 is 6.37. The minimum atomic E-state index is -0.525. The number of amides is 1. The van der Waals surface area contributed by atoms with E-state index in [9.17, 15) is 9.59 Å². The number of benzene rings is 1. The first kappa shape index (κ1) is 20.0. The highest BCUT2D eigenvalue weighted by atomic mass is 35.5. The van der Waals surface area contributed by atoms with Gasteiger partial charge in [-0.3, -0.25) is 9.89 Å². The van der Waals surface area contributed by atoms with Crippen LogP contribution in [0, 0.1) is 0 Å². The minimum Gasteiger partial charge on any atom is -0.435 e. The van der Waals surface area contributed by atoms with Gasteiger partial charge in [0.15, 0.2) is 5.75 Å². The fourth-order valence-corrected chi connectivity index (χ4v) is 4.00. The molecule has 4 aromatic rings. The van der Waals surface area contributed by atoms with Crippen molar-refractivity contribution in [2.75, 3.05) is 31.1 Å². The quantitative estimate of drug-likeness (QED) is 0.457. The van der Waals surface area contributed by atoms with Crippen molar-refractivity contribution < 1.29 is 9.53 Å². The molecule has 162 valence electrons. The van der Waals surface area contributed by atoms with Gasteiger partial charge in [-0.2, -0.15) is 10.1 Å². The number of hydrogen-bond acceptors (Lipinski definition) is 7. The molecule has 1 aliphatic heterocycles. The van der Waals surface area contributed by atoms with E-state index in [1.54, 1.807) is 35.5 Å². The lowest BCUT2D eigenvalue weighted by Gasteiger charge is -2.35. The second-order valence-corrected chi connectivity index (χ2v) is 7.64. The van der Waals surface area contributed by atoms with Crippen molar-refractivity contribution in [1.82, 2.24) is 30.0 Å². The fourth-order valence-electron chi connectivity index (χ4n) is 3.79. The van der Waals surface area contributed by atoms with Crippen LogP contribution < -0.4 is 15.3 Å². The van der Waals surface area contributed by atoms with Crippen LogP contribution in [0.15, 0.2) is 48.0 Å². The largest absolute Gasteiger partial charge is 0.435 e. The van der Waals surface area contributed by atoms with Crippen molar-refractivity contribution in [2.45, 2.75) is 0 Å². The maximum Gasteiger partial charge on any atom is 0.347 e. The number of piperazine rings is 1. The Bertz CT molecular complexity index is 1410. The number of anilines is 1. The topological polar surface area (TPSA) is 120 Å². The third kappa shape index (κ3) is 3.44. The van der Waals surface area contributed by atoms with Gasteiger partial charge in [0.2, 0.25) is 11.8 Å². The standard InChI is InChI=1S/C21H18ClN7O3/c1-2-16(30)28-7-9-29(10-8-28)19-12-5-6-23-20(17(12)25-21(31)26-19)32-18-13-11-24-27-15(13)4-3-14(18)22/h2-6,11H,1,7-10H2,(H,24,27)(H,25,26,31). The average Bonchev–Trinajstić information content (AvgIpc) is 3.29. The molecule has 1 amide bonds. The number of halogens is 1.